The Kier molecular flexibility index (Phi) is 7.94. The summed E-state index contributed by atoms with van der Waals surface area (Å²) in [5, 5.41) is 9.37. The molecule has 0 amide bonds. The molecule has 0 saturated carbocycles. The number of carbonyl (C=O) groups excluding carboxylic acids is 2. The van der Waals surface area contributed by atoms with Crippen molar-refractivity contribution < 1.29 is 24.2 Å². The maximum absolute atomic E-state index is 11.0. The van der Waals surface area contributed by atoms with Crippen LogP contribution in [0.25, 0.3) is 0 Å². The largest absolute Gasteiger partial charge is 0.463 e. The number of alkyl halides is 1. The second-order valence-corrected chi connectivity index (χ2v) is 3.26. The van der Waals surface area contributed by atoms with Crippen molar-refractivity contribution in [2.24, 2.45) is 0 Å². The smallest absolute Gasteiger partial charge is 0.330 e. The minimum atomic E-state index is -0.718. The molecule has 0 fully saturated rings. The summed E-state index contributed by atoms with van der Waals surface area (Å²) in [5.74, 6) is -1.10. The van der Waals surface area contributed by atoms with Crippen LogP contribution in [0.2, 0.25) is 0 Å². The number of hydrogen-bond acceptors (Lipinski definition) is 5. The average molecular weight is 281 g/mol. The lowest BCUT2D eigenvalue weighted by Crippen LogP contribution is -2.20. The Morgan fingerprint density at radius 3 is 2.67 bits per heavy atom. The van der Waals surface area contributed by atoms with Gasteiger partial charge in [0, 0.05) is 11.4 Å². The van der Waals surface area contributed by atoms with Crippen LogP contribution in [0, 0.1) is 0 Å². The molecule has 0 heterocycles. The van der Waals surface area contributed by atoms with Crippen molar-refractivity contribution in [3.8, 4) is 0 Å². The fourth-order valence-corrected chi connectivity index (χ4v) is 0.787. The second kappa shape index (κ2) is 8.43. The lowest BCUT2D eigenvalue weighted by Gasteiger charge is -2.08. The summed E-state index contributed by atoms with van der Waals surface area (Å²) in [6, 6.07) is 0. The molecule has 1 N–H and O–H groups in total. The fourth-order valence-electron chi connectivity index (χ4n) is 0.600. The van der Waals surface area contributed by atoms with Gasteiger partial charge in [-0.25, -0.2) is 4.79 Å². The van der Waals surface area contributed by atoms with Gasteiger partial charge in [0.05, 0.1) is 12.5 Å². The van der Waals surface area contributed by atoms with E-state index in [1.54, 1.807) is 0 Å². The molecular weight excluding hydrogens is 268 g/mol. The highest BCUT2D eigenvalue weighted by atomic mass is 79.9. The van der Waals surface area contributed by atoms with Gasteiger partial charge in [0.2, 0.25) is 0 Å². The Hall–Kier alpha value is -0.880. The molecule has 15 heavy (non-hydrogen) atoms. The lowest BCUT2D eigenvalue weighted by molar-refractivity contribution is -0.149. The van der Waals surface area contributed by atoms with Crippen LogP contribution >= 0.6 is 15.9 Å². The van der Waals surface area contributed by atoms with Crippen molar-refractivity contribution in [3.05, 3.63) is 12.7 Å². The summed E-state index contributed by atoms with van der Waals surface area (Å²) in [6.07, 6.45) is 0.263. The molecule has 0 aromatic rings. The Balaban J connectivity index is 3.49. The molecule has 0 aliphatic rings. The number of esters is 2. The molecule has 0 radical (unpaired) electrons. The van der Waals surface area contributed by atoms with Crippen molar-refractivity contribution in [2.45, 2.75) is 12.5 Å². The number of carbonyl (C=O) groups is 2. The molecule has 86 valence electrons. The monoisotopic (exact) mass is 280 g/mol. The lowest BCUT2D eigenvalue weighted by atomic mass is 10.4. The summed E-state index contributed by atoms with van der Waals surface area (Å²) in [6.45, 7) is 3.08. The first-order valence-electron chi connectivity index (χ1n) is 4.29. The fraction of sp³-hybridized carbons (Fsp3) is 0.556. The van der Waals surface area contributed by atoms with Crippen LogP contribution in [-0.2, 0) is 19.1 Å². The van der Waals surface area contributed by atoms with E-state index in [0.29, 0.717) is 5.33 Å². The zero-order valence-corrected chi connectivity index (χ0v) is 9.73. The van der Waals surface area contributed by atoms with Gasteiger partial charge < -0.3 is 14.6 Å². The first-order valence-corrected chi connectivity index (χ1v) is 5.41. The van der Waals surface area contributed by atoms with Gasteiger partial charge in [0.15, 0.2) is 0 Å². The van der Waals surface area contributed by atoms with Crippen LogP contribution in [0.4, 0.5) is 0 Å². The van der Waals surface area contributed by atoms with Crippen molar-refractivity contribution >= 4 is 27.9 Å². The second-order valence-electron chi connectivity index (χ2n) is 2.61. The van der Waals surface area contributed by atoms with E-state index in [4.69, 9.17) is 5.11 Å². The highest BCUT2D eigenvalue weighted by Gasteiger charge is 2.08. The maximum atomic E-state index is 11.0. The molecule has 0 aromatic heterocycles. The van der Waals surface area contributed by atoms with Crippen LogP contribution in [0.1, 0.15) is 6.42 Å². The zero-order chi connectivity index (χ0) is 11.7. The van der Waals surface area contributed by atoms with Crippen LogP contribution in [0.5, 0.6) is 0 Å². The predicted molar refractivity (Wildman–Crippen MR) is 56.5 cm³/mol. The van der Waals surface area contributed by atoms with Crippen molar-refractivity contribution in [3.63, 3.8) is 0 Å². The van der Waals surface area contributed by atoms with Gasteiger partial charge in [-0.2, -0.15) is 0 Å². The third-order valence-electron chi connectivity index (χ3n) is 1.33. The maximum Gasteiger partial charge on any atom is 0.330 e. The van der Waals surface area contributed by atoms with Gasteiger partial charge in [-0.05, 0) is 0 Å². The normalized spacial score (nSPS) is 11.6. The molecule has 0 aromatic carbocycles. The number of aliphatic hydroxyl groups excluding tert-OH is 1. The molecule has 6 heteroatoms. The summed E-state index contributed by atoms with van der Waals surface area (Å²) < 4.78 is 9.24. The Morgan fingerprint density at radius 2 is 2.13 bits per heavy atom. The third kappa shape index (κ3) is 8.14. The molecule has 0 aliphatic heterocycles. The van der Waals surface area contributed by atoms with Gasteiger partial charge in [-0.1, -0.05) is 22.5 Å². The SMILES string of the molecule is C=CC(=O)OCCC(=O)OCC(O)CBr. The standard InChI is InChI=1S/C9H13BrO5/c1-2-8(12)14-4-3-9(13)15-6-7(11)5-10/h2,7,11H,1,3-6H2. The zero-order valence-electron chi connectivity index (χ0n) is 8.15. The minimum Gasteiger partial charge on any atom is -0.463 e. The highest BCUT2D eigenvalue weighted by Crippen LogP contribution is 1.94. The Labute approximate surface area is 96.2 Å². The van der Waals surface area contributed by atoms with E-state index in [-0.39, 0.29) is 19.6 Å². The first-order chi connectivity index (χ1) is 7.10. The van der Waals surface area contributed by atoms with Gasteiger partial charge in [0.1, 0.15) is 13.2 Å². The number of aliphatic hydroxyl groups is 1. The van der Waals surface area contributed by atoms with E-state index in [2.05, 4.69) is 32.0 Å². The Bertz CT molecular complexity index is 229. The van der Waals surface area contributed by atoms with E-state index >= 15 is 0 Å². The third-order valence-corrected chi connectivity index (χ3v) is 2.08. The van der Waals surface area contributed by atoms with Crippen LogP contribution in [0.15, 0.2) is 12.7 Å². The van der Waals surface area contributed by atoms with Crippen molar-refractivity contribution in [1.82, 2.24) is 0 Å². The van der Waals surface area contributed by atoms with E-state index in [1.807, 2.05) is 0 Å². The van der Waals surface area contributed by atoms with Crippen LogP contribution < -0.4 is 0 Å². The quantitative estimate of drug-likeness (QED) is 0.415. The van der Waals surface area contributed by atoms with Gasteiger partial charge in [-0.15, -0.1) is 0 Å². The van der Waals surface area contributed by atoms with E-state index < -0.39 is 18.0 Å². The predicted octanol–water partition coefficient (Wildman–Crippen LogP) is 0.405. The number of halogens is 1. The van der Waals surface area contributed by atoms with Gasteiger partial charge in [0.25, 0.3) is 0 Å². The molecule has 1 atom stereocenters. The summed E-state index contributed by atoms with van der Waals surface area (Å²) in [5.41, 5.74) is 0. The number of rotatable bonds is 7. The van der Waals surface area contributed by atoms with E-state index in [1.165, 1.54) is 0 Å². The van der Waals surface area contributed by atoms with Gasteiger partial charge >= 0.3 is 11.9 Å². The summed E-state index contributed by atoms with van der Waals surface area (Å²) in [4.78, 5) is 21.5. The molecule has 5 nitrogen and oxygen atoms in total. The van der Waals surface area contributed by atoms with Crippen LogP contribution in [0.3, 0.4) is 0 Å². The van der Waals surface area contributed by atoms with Gasteiger partial charge in [-0.3, -0.25) is 4.79 Å². The average Bonchev–Trinajstić information content (AvgIpc) is 2.25. The number of hydrogen-bond donors (Lipinski definition) is 1. The first kappa shape index (κ1) is 14.1. The Morgan fingerprint density at radius 1 is 1.47 bits per heavy atom. The molecule has 0 rings (SSSR count). The van der Waals surface area contributed by atoms with E-state index in [0.717, 1.165) is 6.08 Å². The van der Waals surface area contributed by atoms with Crippen molar-refractivity contribution in [1.29, 1.82) is 0 Å². The summed E-state index contributed by atoms with van der Waals surface area (Å²) >= 11 is 3.02. The number of ether oxygens (including phenoxy) is 2. The van der Waals surface area contributed by atoms with E-state index in [9.17, 15) is 9.59 Å². The molecule has 0 saturated heterocycles. The molecule has 0 bridgehead atoms. The molecule has 1 unspecified atom stereocenters. The minimum absolute atomic E-state index is 0.0331. The van der Waals surface area contributed by atoms with Crippen LogP contribution in [-0.4, -0.2) is 41.7 Å². The molecular formula is C9H13BrO5. The summed E-state index contributed by atoms with van der Waals surface area (Å²) in [7, 11) is 0. The van der Waals surface area contributed by atoms with Crippen molar-refractivity contribution in [2.75, 3.05) is 18.5 Å². The molecule has 0 spiro atoms. The highest BCUT2D eigenvalue weighted by molar-refractivity contribution is 9.09. The topological polar surface area (TPSA) is 72.8 Å². The molecule has 0 aliphatic carbocycles.